The molecule has 0 aromatic carbocycles. The summed E-state index contributed by atoms with van der Waals surface area (Å²) in [5.41, 5.74) is 0. The number of sulfonamides is 1. The Morgan fingerprint density at radius 3 is 2.81 bits per heavy atom. The summed E-state index contributed by atoms with van der Waals surface area (Å²) in [6.45, 7) is 0. The van der Waals surface area contributed by atoms with Crippen molar-refractivity contribution in [1.29, 1.82) is 0 Å². The van der Waals surface area contributed by atoms with Gasteiger partial charge in [0, 0.05) is 12.8 Å². The second-order valence-electron chi connectivity index (χ2n) is 2.96. The Labute approximate surface area is 96.0 Å². The molecule has 10 heteroatoms. The van der Waals surface area contributed by atoms with E-state index in [0.717, 1.165) is 11.8 Å². The average Bonchev–Trinajstić information content (AvgIpc) is 2.46. The molecule has 0 fully saturated rings. The molecule has 0 radical (unpaired) electrons. The standard InChI is InChI=1S/C6H10N4O4S2/c1-9-4-8-5(10(11)12)6(9)15-2-3-16(7,13)14/h4H,2-3H2,1H3,(H2,7,13,14). The lowest BCUT2D eigenvalue weighted by Crippen LogP contribution is -2.18. The van der Waals surface area contributed by atoms with Crippen LogP contribution in [0.4, 0.5) is 5.82 Å². The van der Waals surface area contributed by atoms with Crippen LogP contribution in [0.3, 0.4) is 0 Å². The first kappa shape index (κ1) is 12.9. The highest BCUT2D eigenvalue weighted by Gasteiger charge is 2.20. The molecule has 8 nitrogen and oxygen atoms in total. The highest BCUT2D eigenvalue weighted by atomic mass is 32.2. The molecule has 0 unspecified atom stereocenters. The first-order valence-electron chi connectivity index (χ1n) is 4.10. The monoisotopic (exact) mass is 266 g/mol. The Balaban J connectivity index is 2.73. The van der Waals surface area contributed by atoms with Gasteiger partial charge in [-0.2, -0.15) is 0 Å². The zero-order valence-electron chi connectivity index (χ0n) is 8.36. The van der Waals surface area contributed by atoms with Crippen LogP contribution in [0.5, 0.6) is 0 Å². The van der Waals surface area contributed by atoms with E-state index >= 15 is 0 Å². The molecule has 0 aliphatic carbocycles. The van der Waals surface area contributed by atoms with Crippen LogP contribution in [0, 0.1) is 10.1 Å². The van der Waals surface area contributed by atoms with Crippen molar-refractivity contribution in [2.75, 3.05) is 11.5 Å². The van der Waals surface area contributed by atoms with Gasteiger partial charge in [-0.3, -0.25) is 0 Å². The zero-order valence-corrected chi connectivity index (χ0v) is 9.99. The fourth-order valence-electron chi connectivity index (χ4n) is 0.953. The van der Waals surface area contributed by atoms with E-state index in [1.807, 2.05) is 0 Å². The summed E-state index contributed by atoms with van der Waals surface area (Å²) < 4.78 is 22.8. The van der Waals surface area contributed by atoms with Crippen LogP contribution in [-0.2, 0) is 17.1 Å². The third kappa shape index (κ3) is 3.47. The highest BCUT2D eigenvalue weighted by molar-refractivity contribution is 8.00. The normalized spacial score (nSPS) is 11.6. The lowest BCUT2D eigenvalue weighted by Gasteiger charge is -2.00. The number of nitrogens with two attached hydrogens (primary N) is 1. The van der Waals surface area contributed by atoms with Gasteiger partial charge in [0.15, 0.2) is 5.03 Å². The highest BCUT2D eigenvalue weighted by Crippen LogP contribution is 2.26. The molecule has 0 bridgehead atoms. The van der Waals surface area contributed by atoms with Gasteiger partial charge in [-0.15, -0.1) is 0 Å². The van der Waals surface area contributed by atoms with Gasteiger partial charge in [0.2, 0.25) is 16.4 Å². The van der Waals surface area contributed by atoms with Crippen molar-refractivity contribution in [2.45, 2.75) is 5.03 Å². The maximum Gasteiger partial charge on any atom is 0.395 e. The largest absolute Gasteiger partial charge is 0.395 e. The third-order valence-electron chi connectivity index (χ3n) is 1.64. The van der Waals surface area contributed by atoms with Crippen LogP contribution in [0.25, 0.3) is 0 Å². The molecule has 0 atom stereocenters. The lowest BCUT2D eigenvalue weighted by atomic mass is 10.8. The fourth-order valence-corrected chi connectivity index (χ4v) is 2.92. The average molecular weight is 266 g/mol. The fraction of sp³-hybridized carbons (Fsp3) is 0.500. The molecule has 0 aliphatic heterocycles. The summed E-state index contributed by atoms with van der Waals surface area (Å²) in [6.07, 6.45) is 1.30. The molecular formula is C6H10N4O4S2. The summed E-state index contributed by atoms with van der Waals surface area (Å²) in [7, 11) is -1.95. The molecule has 0 saturated carbocycles. The van der Waals surface area contributed by atoms with E-state index < -0.39 is 14.9 Å². The summed E-state index contributed by atoms with van der Waals surface area (Å²) in [4.78, 5) is 13.5. The zero-order chi connectivity index (χ0) is 12.3. The smallest absolute Gasteiger partial charge is 0.358 e. The first-order chi connectivity index (χ1) is 7.31. The van der Waals surface area contributed by atoms with Crippen LogP contribution < -0.4 is 5.14 Å². The van der Waals surface area contributed by atoms with E-state index in [2.05, 4.69) is 4.98 Å². The number of rotatable bonds is 5. The van der Waals surface area contributed by atoms with E-state index in [0.29, 0.717) is 5.03 Å². The second kappa shape index (κ2) is 4.80. The summed E-state index contributed by atoms with van der Waals surface area (Å²) in [6, 6.07) is 0. The molecule has 0 spiro atoms. The number of nitro groups is 1. The molecule has 1 aromatic heterocycles. The molecule has 0 aliphatic rings. The van der Waals surface area contributed by atoms with Gasteiger partial charge in [0.05, 0.1) is 5.75 Å². The van der Waals surface area contributed by atoms with Gasteiger partial charge in [-0.25, -0.2) is 13.6 Å². The number of hydrogen-bond donors (Lipinski definition) is 1. The van der Waals surface area contributed by atoms with Gasteiger partial charge >= 0.3 is 5.82 Å². The van der Waals surface area contributed by atoms with Crippen LogP contribution in [0.15, 0.2) is 11.4 Å². The van der Waals surface area contributed by atoms with Crippen LogP contribution in [0.1, 0.15) is 0 Å². The first-order valence-corrected chi connectivity index (χ1v) is 6.80. The number of imidazole rings is 1. The molecule has 1 aromatic rings. The predicted molar refractivity (Wildman–Crippen MR) is 58.6 cm³/mol. The summed E-state index contributed by atoms with van der Waals surface area (Å²) in [5, 5.41) is 15.7. The lowest BCUT2D eigenvalue weighted by molar-refractivity contribution is -0.392. The number of thioether (sulfide) groups is 1. The van der Waals surface area contributed by atoms with Crippen molar-refractivity contribution in [3.63, 3.8) is 0 Å². The van der Waals surface area contributed by atoms with Crippen LogP contribution in [0.2, 0.25) is 0 Å². The molecule has 0 amide bonds. The molecule has 2 N–H and O–H groups in total. The van der Waals surface area contributed by atoms with E-state index in [1.54, 1.807) is 7.05 Å². The predicted octanol–water partition coefficient (Wildman–Crippen LogP) is -0.291. The number of aromatic nitrogens is 2. The Morgan fingerprint density at radius 1 is 1.69 bits per heavy atom. The van der Waals surface area contributed by atoms with Crippen molar-refractivity contribution in [2.24, 2.45) is 12.2 Å². The van der Waals surface area contributed by atoms with Crippen molar-refractivity contribution in [1.82, 2.24) is 9.55 Å². The Bertz CT molecular complexity index is 495. The summed E-state index contributed by atoms with van der Waals surface area (Å²) >= 11 is 1.04. The van der Waals surface area contributed by atoms with Crippen molar-refractivity contribution < 1.29 is 13.3 Å². The van der Waals surface area contributed by atoms with Gasteiger partial charge in [0.25, 0.3) is 0 Å². The molecule has 1 rings (SSSR count). The van der Waals surface area contributed by atoms with E-state index in [1.165, 1.54) is 10.9 Å². The number of hydrogen-bond acceptors (Lipinski definition) is 6. The van der Waals surface area contributed by atoms with E-state index in [-0.39, 0.29) is 17.3 Å². The van der Waals surface area contributed by atoms with E-state index in [4.69, 9.17) is 5.14 Å². The quantitative estimate of drug-likeness (QED) is 0.444. The molecule has 0 saturated heterocycles. The van der Waals surface area contributed by atoms with Gasteiger partial charge < -0.3 is 14.7 Å². The minimum absolute atomic E-state index is 0.152. The Morgan fingerprint density at radius 2 is 2.31 bits per heavy atom. The maximum absolute atomic E-state index is 10.7. The van der Waals surface area contributed by atoms with E-state index in [9.17, 15) is 18.5 Å². The van der Waals surface area contributed by atoms with Crippen LogP contribution >= 0.6 is 11.8 Å². The molecule has 16 heavy (non-hydrogen) atoms. The summed E-state index contributed by atoms with van der Waals surface area (Å²) in [5.74, 6) is -0.360. The Kier molecular flexibility index (Phi) is 3.88. The van der Waals surface area contributed by atoms with Crippen molar-refractivity contribution in [3.8, 4) is 0 Å². The number of aryl methyl sites for hydroxylation is 1. The number of nitrogens with zero attached hydrogens (tertiary/aromatic N) is 3. The minimum atomic E-state index is -3.54. The third-order valence-corrected chi connectivity index (χ3v) is 3.83. The van der Waals surface area contributed by atoms with Gasteiger partial charge in [-0.05, 0) is 9.91 Å². The van der Waals surface area contributed by atoms with Crippen molar-refractivity contribution >= 4 is 27.6 Å². The topological polar surface area (TPSA) is 121 Å². The second-order valence-corrected chi connectivity index (χ2v) is 5.77. The minimum Gasteiger partial charge on any atom is -0.358 e. The van der Waals surface area contributed by atoms with Crippen molar-refractivity contribution in [3.05, 3.63) is 16.4 Å². The van der Waals surface area contributed by atoms with Gasteiger partial charge in [0.1, 0.15) is 0 Å². The number of primary sulfonamides is 1. The van der Waals surface area contributed by atoms with Gasteiger partial charge in [-0.1, -0.05) is 11.8 Å². The molecular weight excluding hydrogens is 256 g/mol. The SMILES string of the molecule is Cn1cnc([N+](=O)[O-])c1SCCS(N)(=O)=O. The molecule has 1 heterocycles. The maximum atomic E-state index is 10.7. The Hall–Kier alpha value is -1.13. The van der Waals surface area contributed by atoms with Crippen LogP contribution in [-0.4, -0.2) is 34.4 Å². The molecule has 90 valence electrons.